The molecule has 112 valence electrons. The molecule has 0 radical (unpaired) electrons. The number of hydrogen-bond donors (Lipinski definition) is 2. The Kier molecular flexibility index (Phi) is 3.23. The second kappa shape index (κ2) is 4.68. The number of ether oxygens (including phenoxy) is 1. The van der Waals surface area contributed by atoms with E-state index in [0.29, 0.717) is 50.6 Å². The lowest BCUT2D eigenvalue weighted by atomic mass is 9.78. The van der Waals surface area contributed by atoms with Crippen LogP contribution in [0, 0.1) is 5.21 Å². The van der Waals surface area contributed by atoms with Crippen LogP contribution in [0.4, 0.5) is 0 Å². The van der Waals surface area contributed by atoms with Gasteiger partial charge >= 0.3 is 0 Å². The second-order valence-electron chi connectivity index (χ2n) is 5.99. The SMILES string of the molecule is C[C@@]1(N2CCOCC2)C[C@]2(O)C(=[N+]1[O-])CCC/C2=N/O. The first-order valence-electron chi connectivity index (χ1n) is 7.12. The van der Waals surface area contributed by atoms with Gasteiger partial charge in [-0.25, -0.2) is 4.90 Å². The first-order chi connectivity index (χ1) is 9.52. The molecule has 0 aromatic carbocycles. The summed E-state index contributed by atoms with van der Waals surface area (Å²) in [7, 11) is 0. The van der Waals surface area contributed by atoms with Gasteiger partial charge < -0.3 is 20.3 Å². The Balaban J connectivity index is 1.98. The number of aliphatic hydroxyl groups is 1. The van der Waals surface area contributed by atoms with Gasteiger partial charge in [0.1, 0.15) is 0 Å². The van der Waals surface area contributed by atoms with Crippen LogP contribution in [0.15, 0.2) is 5.16 Å². The summed E-state index contributed by atoms with van der Waals surface area (Å²) >= 11 is 0. The predicted molar refractivity (Wildman–Crippen MR) is 72.1 cm³/mol. The lowest BCUT2D eigenvalue weighted by Crippen LogP contribution is -2.56. The van der Waals surface area contributed by atoms with Crippen LogP contribution in [0.25, 0.3) is 0 Å². The maximum Gasteiger partial charge on any atom is 0.230 e. The van der Waals surface area contributed by atoms with E-state index in [0.717, 1.165) is 11.2 Å². The van der Waals surface area contributed by atoms with Crippen LogP contribution in [-0.4, -0.2) is 68.9 Å². The Bertz CT molecular complexity index is 472. The van der Waals surface area contributed by atoms with Gasteiger partial charge in [0.05, 0.1) is 25.3 Å². The highest BCUT2D eigenvalue weighted by Crippen LogP contribution is 2.40. The van der Waals surface area contributed by atoms with Crippen molar-refractivity contribution in [3.8, 4) is 0 Å². The molecule has 2 aliphatic heterocycles. The standard InChI is InChI=1S/C13H21N3O4/c1-12(15-5-7-20-8-6-15)9-13(17)10(14-18)3-2-4-11(13)16(12)19/h17-18H,2-9H2,1H3/b14-10-/t12-,13+/m0/s1. The minimum Gasteiger partial charge on any atom is -0.622 e. The van der Waals surface area contributed by atoms with E-state index >= 15 is 0 Å². The summed E-state index contributed by atoms with van der Waals surface area (Å²) in [5.74, 6) is 0. The highest BCUT2D eigenvalue weighted by Gasteiger charge is 2.62. The van der Waals surface area contributed by atoms with Gasteiger partial charge in [-0.3, -0.25) is 0 Å². The van der Waals surface area contributed by atoms with Gasteiger partial charge in [0.15, 0.2) is 5.60 Å². The van der Waals surface area contributed by atoms with Crippen LogP contribution in [-0.2, 0) is 4.74 Å². The fraction of sp³-hybridized carbons (Fsp3) is 0.846. The first kappa shape index (κ1) is 13.8. The van der Waals surface area contributed by atoms with Crippen molar-refractivity contribution in [1.29, 1.82) is 0 Å². The Morgan fingerprint density at radius 1 is 1.35 bits per heavy atom. The number of rotatable bonds is 1. The topological polar surface area (TPSA) is 91.4 Å². The van der Waals surface area contributed by atoms with Crippen LogP contribution in [0.3, 0.4) is 0 Å². The van der Waals surface area contributed by atoms with Crippen molar-refractivity contribution < 1.29 is 19.8 Å². The highest BCUT2D eigenvalue weighted by atomic mass is 16.5. The van der Waals surface area contributed by atoms with E-state index in [2.05, 4.69) is 10.1 Å². The molecule has 0 aromatic rings. The van der Waals surface area contributed by atoms with E-state index in [1.54, 1.807) is 0 Å². The molecule has 1 saturated heterocycles. The molecule has 0 bridgehead atoms. The van der Waals surface area contributed by atoms with E-state index in [9.17, 15) is 10.3 Å². The van der Waals surface area contributed by atoms with Crippen molar-refractivity contribution in [2.75, 3.05) is 26.3 Å². The van der Waals surface area contributed by atoms with Gasteiger partial charge in [-0.1, -0.05) is 5.16 Å². The normalized spacial score (nSPS) is 41.2. The number of hydrogen-bond acceptors (Lipinski definition) is 6. The fourth-order valence-electron chi connectivity index (χ4n) is 3.74. The third kappa shape index (κ3) is 1.77. The monoisotopic (exact) mass is 283 g/mol. The van der Waals surface area contributed by atoms with Crippen LogP contribution in [0.5, 0.6) is 0 Å². The highest BCUT2D eigenvalue weighted by molar-refractivity contribution is 6.15. The molecular formula is C13H21N3O4. The van der Waals surface area contributed by atoms with Crippen LogP contribution in [0.1, 0.15) is 32.6 Å². The molecule has 2 fully saturated rings. The Hall–Kier alpha value is -1.18. The molecule has 7 heteroatoms. The average Bonchev–Trinajstić information content (AvgIpc) is 2.68. The lowest BCUT2D eigenvalue weighted by molar-refractivity contribution is -0.572. The van der Waals surface area contributed by atoms with Crippen LogP contribution >= 0.6 is 0 Å². The van der Waals surface area contributed by atoms with Gasteiger partial charge in [-0.15, -0.1) is 0 Å². The predicted octanol–water partition coefficient (Wildman–Crippen LogP) is 0.135. The molecule has 3 aliphatic rings. The van der Waals surface area contributed by atoms with Gasteiger partial charge in [0, 0.05) is 26.4 Å². The van der Waals surface area contributed by atoms with Crippen molar-refractivity contribution >= 4 is 11.4 Å². The quantitative estimate of drug-likeness (QED) is 0.309. The van der Waals surface area contributed by atoms with Crippen molar-refractivity contribution in [3.63, 3.8) is 0 Å². The molecule has 0 unspecified atom stereocenters. The fourth-order valence-corrected chi connectivity index (χ4v) is 3.74. The number of fused-ring (bicyclic) bond motifs is 1. The zero-order chi connectivity index (χ0) is 14.4. The molecule has 20 heavy (non-hydrogen) atoms. The maximum absolute atomic E-state index is 12.7. The number of hydroxylamine groups is 1. The molecule has 0 aromatic heterocycles. The van der Waals surface area contributed by atoms with Crippen molar-refractivity contribution in [2.24, 2.45) is 5.16 Å². The molecule has 2 atom stereocenters. The van der Waals surface area contributed by atoms with E-state index in [1.165, 1.54) is 0 Å². The summed E-state index contributed by atoms with van der Waals surface area (Å²) in [6, 6.07) is 0. The Morgan fingerprint density at radius 3 is 2.70 bits per heavy atom. The summed E-state index contributed by atoms with van der Waals surface area (Å²) in [4.78, 5) is 2.06. The minimum absolute atomic E-state index is 0.248. The van der Waals surface area contributed by atoms with E-state index in [4.69, 9.17) is 9.94 Å². The summed E-state index contributed by atoms with van der Waals surface area (Å²) in [5, 5.41) is 36.0. The van der Waals surface area contributed by atoms with Gasteiger partial charge in [0.2, 0.25) is 11.4 Å². The molecule has 0 spiro atoms. The Labute approximate surface area is 117 Å². The molecule has 0 amide bonds. The third-order valence-electron chi connectivity index (χ3n) is 4.87. The van der Waals surface area contributed by atoms with Gasteiger partial charge in [-0.2, -0.15) is 4.74 Å². The van der Waals surface area contributed by atoms with E-state index in [-0.39, 0.29) is 6.42 Å². The lowest BCUT2D eigenvalue weighted by Gasteiger charge is -2.38. The largest absolute Gasteiger partial charge is 0.622 e. The van der Waals surface area contributed by atoms with E-state index < -0.39 is 11.3 Å². The first-order valence-corrected chi connectivity index (χ1v) is 7.12. The number of nitrogens with zero attached hydrogens (tertiary/aromatic N) is 3. The molecule has 7 nitrogen and oxygen atoms in total. The van der Waals surface area contributed by atoms with Crippen molar-refractivity contribution in [3.05, 3.63) is 5.21 Å². The number of oxime groups is 1. The van der Waals surface area contributed by atoms with Crippen LogP contribution < -0.4 is 0 Å². The molecule has 1 saturated carbocycles. The molecule has 1 aliphatic carbocycles. The zero-order valence-electron chi connectivity index (χ0n) is 11.7. The second-order valence-corrected chi connectivity index (χ2v) is 5.99. The molecule has 3 rings (SSSR count). The van der Waals surface area contributed by atoms with E-state index in [1.807, 2.05) is 6.92 Å². The maximum atomic E-state index is 12.7. The van der Waals surface area contributed by atoms with Gasteiger partial charge in [-0.05, 0) is 12.8 Å². The Morgan fingerprint density at radius 2 is 2.05 bits per heavy atom. The third-order valence-corrected chi connectivity index (χ3v) is 4.87. The smallest absolute Gasteiger partial charge is 0.230 e. The summed E-state index contributed by atoms with van der Waals surface area (Å²) in [6.07, 6.45) is 2.07. The van der Waals surface area contributed by atoms with Crippen molar-refractivity contribution in [2.45, 2.75) is 43.9 Å². The zero-order valence-corrected chi connectivity index (χ0v) is 11.7. The van der Waals surface area contributed by atoms with Gasteiger partial charge in [0.25, 0.3) is 0 Å². The molecule has 2 N–H and O–H groups in total. The molecule has 2 heterocycles. The molecular weight excluding hydrogens is 262 g/mol. The average molecular weight is 283 g/mol. The summed E-state index contributed by atoms with van der Waals surface area (Å²) in [5.41, 5.74) is -1.43. The minimum atomic E-state index is -1.39. The summed E-state index contributed by atoms with van der Waals surface area (Å²) < 4.78 is 6.28. The summed E-state index contributed by atoms with van der Waals surface area (Å²) in [6.45, 7) is 4.38. The number of morpholine rings is 1. The van der Waals surface area contributed by atoms with Crippen LogP contribution in [0.2, 0.25) is 0 Å². The van der Waals surface area contributed by atoms with Crippen molar-refractivity contribution in [1.82, 2.24) is 4.90 Å².